The van der Waals surface area contributed by atoms with Crippen molar-refractivity contribution < 1.29 is 14.0 Å². The monoisotopic (exact) mass is 397 g/mol. The van der Waals surface area contributed by atoms with E-state index in [2.05, 4.69) is 16.0 Å². The Morgan fingerprint density at radius 1 is 1.15 bits per heavy atom. The first-order valence-corrected chi connectivity index (χ1v) is 8.57. The Morgan fingerprint density at radius 3 is 2.54 bits per heavy atom. The Labute approximate surface area is 160 Å². The van der Waals surface area contributed by atoms with Gasteiger partial charge < -0.3 is 16.0 Å². The highest BCUT2D eigenvalue weighted by atomic mass is 35.5. The normalized spacial score (nSPS) is 11.6. The molecular weight excluding hydrogens is 380 g/mol. The van der Waals surface area contributed by atoms with Crippen molar-refractivity contribution in [1.29, 1.82) is 0 Å². The van der Waals surface area contributed by atoms with Gasteiger partial charge in [-0.2, -0.15) is 0 Å². The maximum absolute atomic E-state index is 13.8. The van der Waals surface area contributed by atoms with E-state index in [4.69, 9.17) is 23.2 Å². The van der Waals surface area contributed by atoms with Crippen molar-refractivity contribution in [2.24, 2.45) is 0 Å². The molecule has 0 fully saturated rings. The van der Waals surface area contributed by atoms with Gasteiger partial charge in [-0.3, -0.25) is 9.59 Å². The van der Waals surface area contributed by atoms with Gasteiger partial charge in [-0.1, -0.05) is 29.3 Å². The number of rotatable bonds is 6. The van der Waals surface area contributed by atoms with Crippen LogP contribution in [0, 0.1) is 5.82 Å². The van der Waals surface area contributed by atoms with E-state index >= 15 is 0 Å². The van der Waals surface area contributed by atoms with Crippen LogP contribution in [0.15, 0.2) is 36.4 Å². The van der Waals surface area contributed by atoms with Crippen LogP contribution < -0.4 is 16.0 Å². The van der Waals surface area contributed by atoms with Gasteiger partial charge in [0, 0.05) is 22.7 Å². The smallest absolute Gasteiger partial charge is 0.239 e. The average Bonchev–Trinajstić information content (AvgIpc) is 2.54. The molecule has 138 valence electrons. The van der Waals surface area contributed by atoms with Crippen molar-refractivity contribution in [3.63, 3.8) is 0 Å². The lowest BCUT2D eigenvalue weighted by Crippen LogP contribution is -2.32. The molecule has 0 aliphatic rings. The molecule has 0 radical (unpaired) electrons. The molecule has 0 saturated heterocycles. The number of halogens is 3. The molecule has 0 aromatic heterocycles. The fraction of sp³-hybridized carbons (Fsp3) is 0.222. The summed E-state index contributed by atoms with van der Waals surface area (Å²) < 4.78 is 13.8. The molecule has 1 unspecified atom stereocenters. The standard InChI is InChI=1S/C18H18Cl2FN3O2/c1-10(14-5-3-12(19)7-15(14)20)23-18(26)9-22-17-8-13(24-11(2)25)4-6-16(17)21/h3-8,10,22H,9H2,1-2H3,(H,23,26)(H,24,25). The Balaban J connectivity index is 1.97. The van der Waals surface area contributed by atoms with E-state index in [-0.39, 0.29) is 30.1 Å². The minimum atomic E-state index is -0.527. The summed E-state index contributed by atoms with van der Waals surface area (Å²) >= 11 is 12.0. The summed E-state index contributed by atoms with van der Waals surface area (Å²) in [7, 11) is 0. The van der Waals surface area contributed by atoms with E-state index in [9.17, 15) is 14.0 Å². The second kappa shape index (κ2) is 8.87. The molecule has 2 amide bonds. The second-order valence-electron chi connectivity index (χ2n) is 5.68. The molecule has 8 heteroatoms. The minimum absolute atomic E-state index is 0.114. The van der Waals surface area contributed by atoms with Crippen molar-refractivity contribution in [3.05, 3.63) is 57.8 Å². The Morgan fingerprint density at radius 2 is 1.88 bits per heavy atom. The highest BCUT2D eigenvalue weighted by Crippen LogP contribution is 2.26. The highest BCUT2D eigenvalue weighted by molar-refractivity contribution is 6.35. The molecule has 1 atom stereocenters. The molecular formula is C18H18Cl2FN3O2. The minimum Gasteiger partial charge on any atom is -0.374 e. The number of hydrogen-bond acceptors (Lipinski definition) is 3. The molecule has 0 aliphatic carbocycles. The summed E-state index contributed by atoms with van der Waals surface area (Å²) in [5.41, 5.74) is 1.27. The number of carbonyl (C=O) groups is 2. The maximum atomic E-state index is 13.8. The molecule has 3 N–H and O–H groups in total. The molecule has 0 bridgehead atoms. The Bertz CT molecular complexity index is 830. The van der Waals surface area contributed by atoms with E-state index in [1.807, 2.05) is 0 Å². The van der Waals surface area contributed by atoms with Crippen LogP contribution in [0.4, 0.5) is 15.8 Å². The lowest BCUT2D eigenvalue weighted by Gasteiger charge is -2.17. The summed E-state index contributed by atoms with van der Waals surface area (Å²) in [5.74, 6) is -1.14. The van der Waals surface area contributed by atoms with Gasteiger partial charge in [-0.05, 0) is 42.8 Å². The summed E-state index contributed by atoms with van der Waals surface area (Å²) in [6.45, 7) is 2.99. The zero-order chi connectivity index (χ0) is 19.3. The van der Waals surface area contributed by atoms with Gasteiger partial charge in [-0.25, -0.2) is 4.39 Å². The van der Waals surface area contributed by atoms with Crippen LogP contribution in [0.25, 0.3) is 0 Å². The van der Waals surface area contributed by atoms with Crippen molar-refractivity contribution >= 4 is 46.4 Å². The third-order valence-electron chi connectivity index (χ3n) is 3.53. The summed E-state index contributed by atoms with van der Waals surface area (Å²) in [5, 5.41) is 9.00. The Kier molecular flexibility index (Phi) is 6.83. The van der Waals surface area contributed by atoms with Gasteiger partial charge in [0.05, 0.1) is 18.3 Å². The van der Waals surface area contributed by atoms with Crippen molar-refractivity contribution in [1.82, 2.24) is 5.32 Å². The number of anilines is 2. The molecule has 2 aromatic carbocycles. The number of carbonyl (C=O) groups excluding carboxylic acids is 2. The van der Waals surface area contributed by atoms with Crippen LogP contribution in [0.5, 0.6) is 0 Å². The number of nitrogens with one attached hydrogen (secondary N) is 3. The van der Waals surface area contributed by atoms with Crippen LogP contribution in [-0.2, 0) is 9.59 Å². The lowest BCUT2D eigenvalue weighted by molar-refractivity contribution is -0.120. The third-order valence-corrected chi connectivity index (χ3v) is 4.10. The predicted molar refractivity (Wildman–Crippen MR) is 102 cm³/mol. The fourth-order valence-corrected chi connectivity index (χ4v) is 2.91. The molecule has 2 aromatic rings. The topological polar surface area (TPSA) is 70.2 Å². The fourth-order valence-electron chi connectivity index (χ4n) is 2.34. The van der Waals surface area contributed by atoms with Gasteiger partial charge in [-0.15, -0.1) is 0 Å². The molecule has 2 rings (SSSR count). The van der Waals surface area contributed by atoms with E-state index in [0.29, 0.717) is 15.7 Å². The molecule has 0 spiro atoms. The van der Waals surface area contributed by atoms with Crippen LogP contribution in [0.3, 0.4) is 0 Å². The SMILES string of the molecule is CC(=O)Nc1ccc(F)c(NCC(=O)NC(C)c2ccc(Cl)cc2Cl)c1. The summed E-state index contributed by atoms with van der Waals surface area (Å²) in [4.78, 5) is 23.2. The van der Waals surface area contributed by atoms with Crippen LogP contribution in [0.2, 0.25) is 10.0 Å². The van der Waals surface area contributed by atoms with Crippen LogP contribution in [0.1, 0.15) is 25.5 Å². The van der Waals surface area contributed by atoms with E-state index in [1.165, 1.54) is 25.1 Å². The zero-order valence-electron chi connectivity index (χ0n) is 14.2. The number of amides is 2. The maximum Gasteiger partial charge on any atom is 0.239 e. The third kappa shape index (κ3) is 5.61. The quantitative estimate of drug-likeness (QED) is 0.677. The predicted octanol–water partition coefficient (Wildman–Crippen LogP) is 4.38. The van der Waals surface area contributed by atoms with Gasteiger partial charge >= 0.3 is 0 Å². The molecule has 5 nitrogen and oxygen atoms in total. The van der Waals surface area contributed by atoms with Gasteiger partial charge in [0.1, 0.15) is 5.82 Å². The van der Waals surface area contributed by atoms with E-state index in [0.717, 1.165) is 5.56 Å². The zero-order valence-corrected chi connectivity index (χ0v) is 15.7. The number of hydrogen-bond donors (Lipinski definition) is 3. The molecule has 0 saturated carbocycles. The second-order valence-corrected chi connectivity index (χ2v) is 6.53. The van der Waals surface area contributed by atoms with Crippen LogP contribution >= 0.6 is 23.2 Å². The van der Waals surface area contributed by atoms with Crippen molar-refractivity contribution in [2.75, 3.05) is 17.2 Å². The summed E-state index contributed by atoms with van der Waals surface area (Å²) in [6, 6.07) is 8.75. The van der Waals surface area contributed by atoms with Crippen LogP contribution in [-0.4, -0.2) is 18.4 Å². The number of benzene rings is 2. The van der Waals surface area contributed by atoms with Gasteiger partial charge in [0.2, 0.25) is 11.8 Å². The van der Waals surface area contributed by atoms with E-state index < -0.39 is 5.82 Å². The average molecular weight is 398 g/mol. The first kappa shape index (κ1) is 20.0. The van der Waals surface area contributed by atoms with Gasteiger partial charge in [0.25, 0.3) is 0 Å². The first-order valence-electron chi connectivity index (χ1n) is 7.81. The highest BCUT2D eigenvalue weighted by Gasteiger charge is 2.13. The lowest BCUT2D eigenvalue weighted by atomic mass is 10.1. The molecule has 0 aliphatic heterocycles. The van der Waals surface area contributed by atoms with E-state index in [1.54, 1.807) is 25.1 Å². The Hall–Kier alpha value is -2.31. The first-order chi connectivity index (χ1) is 12.3. The van der Waals surface area contributed by atoms with Gasteiger partial charge in [0.15, 0.2) is 0 Å². The summed E-state index contributed by atoms with van der Waals surface area (Å²) in [6.07, 6.45) is 0. The van der Waals surface area contributed by atoms with Crippen molar-refractivity contribution in [3.8, 4) is 0 Å². The molecule has 0 heterocycles. The largest absolute Gasteiger partial charge is 0.374 e. The van der Waals surface area contributed by atoms with Crippen molar-refractivity contribution in [2.45, 2.75) is 19.9 Å². The molecule has 26 heavy (non-hydrogen) atoms.